The van der Waals surface area contributed by atoms with Crippen LogP contribution in [-0.4, -0.2) is 83.5 Å². The van der Waals surface area contributed by atoms with Crippen LogP contribution >= 0.6 is 11.3 Å². The molecule has 3 rings (SSSR count). The molecule has 0 aliphatic carbocycles. The number of likely N-dealkylation sites (tertiary alicyclic amines) is 1. The summed E-state index contributed by atoms with van der Waals surface area (Å²) in [5.74, 6) is 0.196. The van der Waals surface area contributed by atoms with Crippen LogP contribution in [0.25, 0.3) is 0 Å². The van der Waals surface area contributed by atoms with Crippen molar-refractivity contribution in [2.45, 2.75) is 24.8 Å². The van der Waals surface area contributed by atoms with Crippen molar-refractivity contribution in [3.8, 4) is 0 Å². The highest BCUT2D eigenvalue weighted by molar-refractivity contribution is 7.08. The molecule has 132 valence electrons. The molecule has 1 N–H and O–H groups in total. The van der Waals surface area contributed by atoms with E-state index in [1.165, 1.54) is 11.3 Å². The first kappa shape index (κ1) is 17.4. The Kier molecular flexibility index (Phi) is 5.22. The largest absolute Gasteiger partial charge is 0.395 e. The summed E-state index contributed by atoms with van der Waals surface area (Å²) in [4.78, 5) is 31.0. The van der Waals surface area contributed by atoms with Gasteiger partial charge in [0.1, 0.15) is 0 Å². The van der Waals surface area contributed by atoms with Gasteiger partial charge in [0, 0.05) is 50.1 Å². The summed E-state index contributed by atoms with van der Waals surface area (Å²) in [7, 11) is 2.10. The van der Waals surface area contributed by atoms with Crippen LogP contribution in [0, 0.1) is 0 Å². The topological polar surface area (TPSA) is 64.1 Å². The molecule has 2 saturated heterocycles. The zero-order chi connectivity index (χ0) is 17.2. The molecule has 1 aromatic heterocycles. The zero-order valence-corrected chi connectivity index (χ0v) is 14.9. The molecule has 6 nitrogen and oxygen atoms in total. The van der Waals surface area contributed by atoms with Crippen molar-refractivity contribution in [3.05, 3.63) is 22.4 Å². The molecular formula is C17H25N3O3S. The fourth-order valence-electron chi connectivity index (χ4n) is 3.79. The SMILES string of the molecule is CN1CCN(C(=O)c2ccsc2)C[C@]12CCC(=O)N(CCO)CC2. The van der Waals surface area contributed by atoms with E-state index >= 15 is 0 Å². The van der Waals surface area contributed by atoms with Crippen LogP contribution in [0.2, 0.25) is 0 Å². The summed E-state index contributed by atoms with van der Waals surface area (Å²) < 4.78 is 0. The van der Waals surface area contributed by atoms with Crippen LogP contribution in [-0.2, 0) is 4.79 Å². The third kappa shape index (κ3) is 3.34. The van der Waals surface area contributed by atoms with Crippen molar-refractivity contribution in [2.75, 3.05) is 46.4 Å². The first-order valence-electron chi connectivity index (χ1n) is 8.47. The van der Waals surface area contributed by atoms with Gasteiger partial charge in [0.25, 0.3) is 5.91 Å². The van der Waals surface area contributed by atoms with Crippen LogP contribution in [0.4, 0.5) is 0 Å². The number of nitrogens with zero attached hydrogens (tertiary/aromatic N) is 3. The van der Waals surface area contributed by atoms with Gasteiger partial charge in [-0.15, -0.1) is 0 Å². The Balaban J connectivity index is 1.75. The van der Waals surface area contributed by atoms with Crippen molar-refractivity contribution >= 4 is 23.2 Å². The third-order valence-corrected chi connectivity index (χ3v) is 6.11. The Hall–Kier alpha value is -1.44. The Morgan fingerprint density at radius 2 is 2.17 bits per heavy atom. The summed E-state index contributed by atoms with van der Waals surface area (Å²) >= 11 is 1.54. The number of rotatable bonds is 3. The van der Waals surface area contributed by atoms with Gasteiger partial charge in [-0.1, -0.05) is 0 Å². The highest BCUT2D eigenvalue weighted by Gasteiger charge is 2.43. The van der Waals surface area contributed by atoms with Gasteiger partial charge in [-0.25, -0.2) is 0 Å². The van der Waals surface area contributed by atoms with Crippen LogP contribution in [0.3, 0.4) is 0 Å². The number of carbonyl (C=O) groups is 2. The molecule has 2 aliphatic rings. The number of aliphatic hydroxyl groups excluding tert-OH is 1. The highest BCUT2D eigenvalue weighted by atomic mass is 32.1. The lowest BCUT2D eigenvalue weighted by atomic mass is 9.86. The van der Waals surface area contributed by atoms with Crippen molar-refractivity contribution in [1.82, 2.24) is 14.7 Å². The summed E-state index contributed by atoms with van der Waals surface area (Å²) in [6.07, 6.45) is 2.07. The fourth-order valence-corrected chi connectivity index (χ4v) is 4.42. The van der Waals surface area contributed by atoms with E-state index in [0.29, 0.717) is 26.1 Å². The molecule has 2 amide bonds. The predicted molar refractivity (Wildman–Crippen MR) is 93.1 cm³/mol. The van der Waals surface area contributed by atoms with Crippen LogP contribution in [0.5, 0.6) is 0 Å². The van der Waals surface area contributed by atoms with Gasteiger partial charge in [-0.3, -0.25) is 14.5 Å². The maximum Gasteiger partial charge on any atom is 0.254 e. The molecule has 0 unspecified atom stereocenters. The molecule has 7 heteroatoms. The second-order valence-electron chi connectivity index (χ2n) is 6.74. The number of β-amino-alcohol motifs (C(OH)–C–C–N with tert-alkyl or cyclic N) is 1. The Labute approximate surface area is 146 Å². The normalized spacial score (nSPS) is 26.0. The number of amides is 2. The molecule has 2 aliphatic heterocycles. The molecule has 1 atom stereocenters. The molecule has 0 aromatic carbocycles. The van der Waals surface area contributed by atoms with Crippen LogP contribution in [0.1, 0.15) is 29.6 Å². The van der Waals surface area contributed by atoms with Gasteiger partial charge in [0.2, 0.25) is 5.91 Å². The molecule has 1 aromatic rings. The summed E-state index contributed by atoms with van der Waals surface area (Å²) in [6, 6.07) is 1.87. The van der Waals surface area contributed by atoms with Gasteiger partial charge in [-0.2, -0.15) is 11.3 Å². The van der Waals surface area contributed by atoms with E-state index in [9.17, 15) is 9.59 Å². The van der Waals surface area contributed by atoms with Crippen molar-refractivity contribution in [3.63, 3.8) is 0 Å². The highest BCUT2D eigenvalue weighted by Crippen LogP contribution is 2.32. The standard InChI is InChI=1S/C17H25N3O3S/c1-18-7-8-20(16(23)14-3-11-24-12-14)13-17(18)4-2-15(22)19(6-5-17)9-10-21/h3,11-12,21H,2,4-10,13H2,1H3/t17-/m1/s1. The predicted octanol–water partition coefficient (Wildman–Crippen LogP) is 0.879. The average molecular weight is 351 g/mol. The summed E-state index contributed by atoms with van der Waals surface area (Å²) in [5.41, 5.74) is 0.607. The quantitative estimate of drug-likeness (QED) is 0.878. The lowest BCUT2D eigenvalue weighted by Crippen LogP contribution is -2.62. The maximum atomic E-state index is 12.7. The second-order valence-corrected chi connectivity index (χ2v) is 7.52. The molecule has 0 saturated carbocycles. The fraction of sp³-hybridized carbons (Fsp3) is 0.647. The Morgan fingerprint density at radius 3 is 2.88 bits per heavy atom. The van der Waals surface area contributed by atoms with Crippen molar-refractivity contribution in [1.29, 1.82) is 0 Å². The summed E-state index contributed by atoms with van der Waals surface area (Å²) in [5, 5.41) is 13.0. The number of thiophene rings is 1. The van der Waals surface area contributed by atoms with E-state index in [1.54, 1.807) is 4.90 Å². The third-order valence-electron chi connectivity index (χ3n) is 5.43. The molecule has 1 spiro atoms. The molecule has 2 fully saturated rings. The molecule has 0 bridgehead atoms. The van der Waals surface area contributed by atoms with Gasteiger partial charge in [0.15, 0.2) is 0 Å². The Morgan fingerprint density at radius 1 is 1.33 bits per heavy atom. The Bertz CT molecular complexity index is 592. The van der Waals surface area contributed by atoms with E-state index in [1.807, 2.05) is 21.7 Å². The number of hydrogen-bond donors (Lipinski definition) is 1. The maximum absolute atomic E-state index is 12.7. The van der Waals surface area contributed by atoms with E-state index in [0.717, 1.165) is 31.5 Å². The zero-order valence-electron chi connectivity index (χ0n) is 14.1. The number of carbonyl (C=O) groups excluding carboxylic acids is 2. The lowest BCUT2D eigenvalue weighted by Gasteiger charge is -2.49. The van der Waals surface area contributed by atoms with Crippen LogP contribution < -0.4 is 0 Å². The average Bonchev–Trinajstić information content (AvgIpc) is 3.07. The minimum Gasteiger partial charge on any atom is -0.395 e. The second kappa shape index (κ2) is 7.21. The van der Waals surface area contributed by atoms with Crippen molar-refractivity contribution < 1.29 is 14.7 Å². The van der Waals surface area contributed by atoms with Gasteiger partial charge >= 0.3 is 0 Å². The number of piperazine rings is 1. The number of likely N-dealkylation sites (N-methyl/N-ethyl adjacent to an activating group) is 1. The molecule has 24 heavy (non-hydrogen) atoms. The van der Waals surface area contributed by atoms with E-state index in [-0.39, 0.29) is 24.0 Å². The van der Waals surface area contributed by atoms with Crippen LogP contribution in [0.15, 0.2) is 16.8 Å². The number of hydrogen-bond acceptors (Lipinski definition) is 5. The van der Waals surface area contributed by atoms with E-state index in [2.05, 4.69) is 11.9 Å². The smallest absolute Gasteiger partial charge is 0.254 e. The lowest BCUT2D eigenvalue weighted by molar-refractivity contribution is -0.131. The van der Waals surface area contributed by atoms with Gasteiger partial charge in [-0.05, 0) is 31.3 Å². The van der Waals surface area contributed by atoms with Gasteiger partial charge < -0.3 is 14.9 Å². The molecule has 0 radical (unpaired) electrons. The monoisotopic (exact) mass is 351 g/mol. The van der Waals surface area contributed by atoms with E-state index in [4.69, 9.17) is 5.11 Å². The van der Waals surface area contributed by atoms with E-state index < -0.39 is 0 Å². The first-order chi connectivity index (χ1) is 11.6. The van der Waals surface area contributed by atoms with Gasteiger partial charge in [0.05, 0.1) is 12.2 Å². The van der Waals surface area contributed by atoms with Crippen molar-refractivity contribution in [2.24, 2.45) is 0 Å². The minimum atomic E-state index is -0.149. The first-order valence-corrected chi connectivity index (χ1v) is 9.41. The molecule has 3 heterocycles. The number of aliphatic hydroxyl groups is 1. The summed E-state index contributed by atoms with van der Waals surface area (Å²) in [6.45, 7) is 3.25. The molecular weight excluding hydrogens is 326 g/mol. The minimum absolute atomic E-state index is 0.00263.